The SMILES string of the molecule is CCC(c1ccc(O)cc1)C(CCF)c1ccc(O)cc1. The van der Waals surface area contributed by atoms with E-state index in [0.29, 0.717) is 6.42 Å². The lowest BCUT2D eigenvalue weighted by atomic mass is 9.78. The van der Waals surface area contributed by atoms with Gasteiger partial charge in [0.15, 0.2) is 0 Å². The molecule has 0 aliphatic rings. The minimum atomic E-state index is -0.375. The van der Waals surface area contributed by atoms with Crippen LogP contribution >= 0.6 is 0 Å². The minimum Gasteiger partial charge on any atom is -0.508 e. The van der Waals surface area contributed by atoms with Gasteiger partial charge in [-0.05, 0) is 60.1 Å². The molecule has 2 unspecified atom stereocenters. The number of benzene rings is 2. The third kappa shape index (κ3) is 3.75. The average Bonchev–Trinajstić information content (AvgIpc) is 2.50. The Hall–Kier alpha value is -2.03. The molecule has 0 saturated carbocycles. The van der Waals surface area contributed by atoms with Crippen LogP contribution in [0.3, 0.4) is 0 Å². The van der Waals surface area contributed by atoms with Crippen molar-refractivity contribution in [2.45, 2.75) is 31.6 Å². The van der Waals surface area contributed by atoms with Crippen molar-refractivity contribution in [3.63, 3.8) is 0 Å². The van der Waals surface area contributed by atoms with E-state index in [1.54, 1.807) is 24.3 Å². The quantitative estimate of drug-likeness (QED) is 0.806. The van der Waals surface area contributed by atoms with E-state index in [1.165, 1.54) is 0 Å². The first-order chi connectivity index (χ1) is 10.2. The third-order valence-corrected chi connectivity index (χ3v) is 3.99. The van der Waals surface area contributed by atoms with Gasteiger partial charge in [-0.3, -0.25) is 4.39 Å². The molecule has 0 bridgehead atoms. The smallest absolute Gasteiger partial charge is 0.115 e. The average molecular weight is 288 g/mol. The summed E-state index contributed by atoms with van der Waals surface area (Å²) in [6, 6.07) is 14.1. The Morgan fingerprint density at radius 1 is 0.810 bits per heavy atom. The van der Waals surface area contributed by atoms with Crippen molar-refractivity contribution in [2.24, 2.45) is 0 Å². The molecule has 0 heterocycles. The number of aromatic hydroxyl groups is 2. The van der Waals surface area contributed by atoms with Gasteiger partial charge in [-0.15, -0.1) is 0 Å². The van der Waals surface area contributed by atoms with Gasteiger partial charge in [-0.2, -0.15) is 0 Å². The zero-order valence-corrected chi connectivity index (χ0v) is 12.2. The Morgan fingerprint density at radius 2 is 1.24 bits per heavy atom. The van der Waals surface area contributed by atoms with Gasteiger partial charge in [0.25, 0.3) is 0 Å². The molecule has 0 spiro atoms. The lowest BCUT2D eigenvalue weighted by molar-refractivity contribution is 0.399. The van der Waals surface area contributed by atoms with Crippen LogP contribution in [0.4, 0.5) is 4.39 Å². The maximum atomic E-state index is 13.0. The van der Waals surface area contributed by atoms with Crippen LogP contribution in [0.1, 0.15) is 42.7 Å². The molecule has 0 aliphatic heterocycles. The highest BCUT2D eigenvalue weighted by molar-refractivity contribution is 5.34. The monoisotopic (exact) mass is 288 g/mol. The molecule has 2 rings (SSSR count). The topological polar surface area (TPSA) is 40.5 Å². The summed E-state index contributed by atoms with van der Waals surface area (Å²) in [4.78, 5) is 0. The second-order valence-corrected chi connectivity index (χ2v) is 5.28. The first-order valence-electron chi connectivity index (χ1n) is 7.29. The third-order valence-electron chi connectivity index (χ3n) is 3.99. The van der Waals surface area contributed by atoms with E-state index in [4.69, 9.17) is 0 Å². The van der Waals surface area contributed by atoms with Crippen molar-refractivity contribution in [1.29, 1.82) is 0 Å². The normalized spacial score (nSPS) is 13.8. The molecule has 2 atom stereocenters. The van der Waals surface area contributed by atoms with Gasteiger partial charge in [0.2, 0.25) is 0 Å². The first kappa shape index (κ1) is 15.4. The van der Waals surface area contributed by atoms with Crippen molar-refractivity contribution in [3.05, 3.63) is 59.7 Å². The van der Waals surface area contributed by atoms with Crippen LogP contribution < -0.4 is 0 Å². The predicted molar refractivity (Wildman–Crippen MR) is 82.6 cm³/mol. The largest absolute Gasteiger partial charge is 0.508 e. The van der Waals surface area contributed by atoms with Crippen LogP contribution in [0.15, 0.2) is 48.5 Å². The lowest BCUT2D eigenvalue weighted by Gasteiger charge is -2.26. The van der Waals surface area contributed by atoms with Crippen molar-refractivity contribution in [1.82, 2.24) is 0 Å². The molecular formula is C18H21FO2. The maximum absolute atomic E-state index is 13.0. The maximum Gasteiger partial charge on any atom is 0.115 e. The highest BCUT2D eigenvalue weighted by Crippen LogP contribution is 2.38. The van der Waals surface area contributed by atoms with Crippen LogP contribution in [0.25, 0.3) is 0 Å². The van der Waals surface area contributed by atoms with Gasteiger partial charge in [-0.1, -0.05) is 31.2 Å². The van der Waals surface area contributed by atoms with Gasteiger partial charge in [0.05, 0.1) is 6.67 Å². The molecule has 2 N–H and O–H groups in total. The second-order valence-electron chi connectivity index (χ2n) is 5.28. The standard InChI is InChI=1S/C18H21FO2/c1-2-17(13-3-7-15(20)8-4-13)18(11-12-19)14-5-9-16(21)10-6-14/h3-10,17-18,20-21H,2,11-12H2,1H3. The summed E-state index contributed by atoms with van der Waals surface area (Å²) in [6.45, 7) is 1.71. The van der Waals surface area contributed by atoms with Crippen LogP contribution in [0.5, 0.6) is 11.5 Å². The van der Waals surface area contributed by atoms with Gasteiger partial charge in [0.1, 0.15) is 11.5 Å². The van der Waals surface area contributed by atoms with Gasteiger partial charge < -0.3 is 10.2 Å². The van der Waals surface area contributed by atoms with Crippen molar-refractivity contribution in [3.8, 4) is 11.5 Å². The molecular weight excluding hydrogens is 267 g/mol. The molecule has 0 fully saturated rings. The van der Waals surface area contributed by atoms with E-state index >= 15 is 0 Å². The van der Waals surface area contributed by atoms with Gasteiger partial charge >= 0.3 is 0 Å². The summed E-state index contributed by atoms with van der Waals surface area (Å²) in [7, 11) is 0. The summed E-state index contributed by atoms with van der Waals surface area (Å²) < 4.78 is 13.0. The van der Waals surface area contributed by atoms with Crippen LogP contribution in [0.2, 0.25) is 0 Å². The Kier molecular flexibility index (Phi) is 5.20. The highest BCUT2D eigenvalue weighted by Gasteiger charge is 2.23. The molecule has 3 heteroatoms. The Bertz CT molecular complexity index is 548. The van der Waals surface area contributed by atoms with E-state index < -0.39 is 0 Å². The predicted octanol–water partition coefficient (Wildman–Crippen LogP) is 4.73. The second kappa shape index (κ2) is 7.11. The Morgan fingerprint density at radius 3 is 1.62 bits per heavy atom. The number of alkyl halides is 1. The number of phenolic OH excluding ortho intramolecular Hbond substituents is 2. The molecule has 21 heavy (non-hydrogen) atoms. The Balaban J connectivity index is 2.33. The summed E-state index contributed by atoms with van der Waals surface area (Å²) in [5, 5.41) is 18.8. The van der Waals surface area contributed by atoms with Crippen molar-refractivity contribution in [2.75, 3.05) is 6.67 Å². The number of phenols is 2. The molecule has 2 aromatic carbocycles. The highest BCUT2D eigenvalue weighted by atomic mass is 19.1. The van der Waals surface area contributed by atoms with E-state index in [-0.39, 0.29) is 30.0 Å². The van der Waals surface area contributed by atoms with Crippen molar-refractivity contribution >= 4 is 0 Å². The van der Waals surface area contributed by atoms with Gasteiger partial charge in [0, 0.05) is 0 Å². The summed E-state index contributed by atoms with van der Waals surface area (Å²) in [5.41, 5.74) is 2.13. The molecule has 2 nitrogen and oxygen atoms in total. The molecule has 2 aromatic rings. The molecule has 0 radical (unpaired) electrons. The fraction of sp³-hybridized carbons (Fsp3) is 0.333. The summed E-state index contributed by atoms with van der Waals surface area (Å²) >= 11 is 0. The molecule has 0 aliphatic carbocycles. The minimum absolute atomic E-state index is 0.0603. The molecule has 0 aromatic heterocycles. The van der Waals surface area contributed by atoms with Gasteiger partial charge in [-0.25, -0.2) is 0 Å². The Labute approximate surface area is 124 Å². The van der Waals surface area contributed by atoms with E-state index in [9.17, 15) is 14.6 Å². The zero-order chi connectivity index (χ0) is 15.2. The number of halogens is 1. The number of hydrogen-bond donors (Lipinski definition) is 2. The zero-order valence-electron chi connectivity index (χ0n) is 12.2. The fourth-order valence-corrected chi connectivity index (χ4v) is 2.91. The number of hydrogen-bond acceptors (Lipinski definition) is 2. The van der Waals surface area contributed by atoms with Crippen LogP contribution in [-0.4, -0.2) is 16.9 Å². The van der Waals surface area contributed by atoms with Crippen LogP contribution in [-0.2, 0) is 0 Å². The first-order valence-corrected chi connectivity index (χ1v) is 7.29. The summed E-state index contributed by atoms with van der Waals surface area (Å²) in [5.74, 6) is 0.701. The van der Waals surface area contributed by atoms with E-state index in [0.717, 1.165) is 17.5 Å². The summed E-state index contributed by atoms with van der Waals surface area (Å²) in [6.07, 6.45) is 1.33. The van der Waals surface area contributed by atoms with E-state index in [1.807, 2.05) is 24.3 Å². The van der Waals surface area contributed by atoms with Crippen molar-refractivity contribution < 1.29 is 14.6 Å². The van der Waals surface area contributed by atoms with E-state index in [2.05, 4.69) is 6.92 Å². The van der Waals surface area contributed by atoms with Crippen LogP contribution in [0, 0.1) is 0 Å². The molecule has 112 valence electrons. The molecule has 0 amide bonds. The number of rotatable bonds is 6. The fourth-order valence-electron chi connectivity index (χ4n) is 2.91. The molecule has 0 saturated heterocycles. The lowest BCUT2D eigenvalue weighted by Crippen LogP contribution is -2.12.